The monoisotopic (exact) mass is 255 g/mol. The minimum Gasteiger partial charge on any atom is -0.355 e. The molecule has 1 saturated heterocycles. The van der Waals surface area contributed by atoms with Crippen LogP contribution in [0.4, 0.5) is 0 Å². The van der Waals surface area contributed by atoms with Crippen LogP contribution in [0.1, 0.15) is 41.0 Å². The highest BCUT2D eigenvalue weighted by Gasteiger charge is 2.29. The van der Waals surface area contributed by atoms with Crippen molar-refractivity contribution in [3.63, 3.8) is 0 Å². The molecule has 1 aliphatic rings. The summed E-state index contributed by atoms with van der Waals surface area (Å²) in [4.78, 5) is 14.4. The van der Waals surface area contributed by atoms with Crippen LogP contribution in [-0.2, 0) is 4.79 Å². The first-order valence-electron chi connectivity index (χ1n) is 7.18. The van der Waals surface area contributed by atoms with Gasteiger partial charge in [-0.1, -0.05) is 13.8 Å². The number of hydrogen-bond acceptors (Lipinski definition) is 3. The Bertz CT molecular complexity index is 268. The van der Waals surface area contributed by atoms with Crippen molar-refractivity contribution < 1.29 is 4.79 Å². The maximum atomic E-state index is 12.1. The highest BCUT2D eigenvalue weighted by Crippen LogP contribution is 2.11. The number of nitrogens with one attached hydrogen (secondary N) is 2. The molecule has 1 fully saturated rings. The molecular weight excluding hydrogens is 226 g/mol. The lowest BCUT2D eigenvalue weighted by molar-refractivity contribution is -0.127. The maximum absolute atomic E-state index is 12.1. The van der Waals surface area contributed by atoms with Crippen molar-refractivity contribution in [1.29, 1.82) is 0 Å². The molecule has 18 heavy (non-hydrogen) atoms. The second-order valence-electron chi connectivity index (χ2n) is 6.00. The molecule has 0 spiro atoms. The van der Waals surface area contributed by atoms with E-state index in [9.17, 15) is 4.79 Å². The molecule has 1 amide bonds. The van der Waals surface area contributed by atoms with E-state index in [1.165, 1.54) is 0 Å². The molecule has 0 bridgehead atoms. The Kier molecular flexibility index (Phi) is 6.09. The molecule has 4 heteroatoms. The van der Waals surface area contributed by atoms with Gasteiger partial charge in [0.05, 0.1) is 6.04 Å². The molecule has 0 aromatic carbocycles. The first kappa shape index (κ1) is 15.4. The summed E-state index contributed by atoms with van der Waals surface area (Å²) >= 11 is 0. The Hall–Kier alpha value is -0.610. The third-order valence-corrected chi connectivity index (χ3v) is 3.71. The van der Waals surface area contributed by atoms with Gasteiger partial charge in [-0.05, 0) is 33.1 Å². The summed E-state index contributed by atoms with van der Waals surface area (Å²) in [5.74, 6) is 0.801. The molecule has 0 aliphatic carbocycles. The molecule has 2 N–H and O–H groups in total. The van der Waals surface area contributed by atoms with Crippen LogP contribution in [0.5, 0.6) is 0 Å². The molecule has 3 unspecified atom stereocenters. The predicted octanol–water partition coefficient (Wildman–Crippen LogP) is 1.22. The summed E-state index contributed by atoms with van der Waals surface area (Å²) in [5.41, 5.74) is 0. The van der Waals surface area contributed by atoms with Crippen molar-refractivity contribution in [2.75, 3.05) is 19.6 Å². The summed E-state index contributed by atoms with van der Waals surface area (Å²) in [5, 5.41) is 6.49. The standard InChI is InChI=1S/C14H29N3O/c1-10(2)6-7-15-14(18)13(5)17-9-11(3)16-8-12(17)4/h10-13,16H,6-9H2,1-5H3,(H,15,18). The Balaban J connectivity index is 2.41. The zero-order valence-electron chi connectivity index (χ0n) is 12.5. The van der Waals surface area contributed by atoms with Crippen LogP contribution in [0.15, 0.2) is 0 Å². The van der Waals surface area contributed by atoms with Crippen molar-refractivity contribution in [2.45, 2.75) is 59.2 Å². The highest BCUT2D eigenvalue weighted by molar-refractivity contribution is 5.81. The normalized spacial score (nSPS) is 27.2. The van der Waals surface area contributed by atoms with Crippen LogP contribution in [-0.4, -0.2) is 48.6 Å². The van der Waals surface area contributed by atoms with E-state index in [1.54, 1.807) is 0 Å². The van der Waals surface area contributed by atoms with E-state index in [2.05, 4.69) is 43.2 Å². The van der Waals surface area contributed by atoms with Crippen LogP contribution in [0.2, 0.25) is 0 Å². The summed E-state index contributed by atoms with van der Waals surface area (Å²) in [6.07, 6.45) is 1.05. The lowest BCUT2D eigenvalue weighted by Crippen LogP contribution is -2.60. The van der Waals surface area contributed by atoms with Gasteiger partial charge in [0.1, 0.15) is 0 Å². The van der Waals surface area contributed by atoms with Crippen molar-refractivity contribution in [3.05, 3.63) is 0 Å². The van der Waals surface area contributed by atoms with E-state index >= 15 is 0 Å². The van der Waals surface area contributed by atoms with Crippen LogP contribution in [0.3, 0.4) is 0 Å². The van der Waals surface area contributed by atoms with Gasteiger partial charge in [-0.2, -0.15) is 0 Å². The van der Waals surface area contributed by atoms with Gasteiger partial charge in [0.25, 0.3) is 0 Å². The van der Waals surface area contributed by atoms with Crippen molar-refractivity contribution >= 4 is 5.91 Å². The third kappa shape index (κ3) is 4.58. The molecule has 3 atom stereocenters. The predicted molar refractivity (Wildman–Crippen MR) is 75.6 cm³/mol. The van der Waals surface area contributed by atoms with Gasteiger partial charge in [0, 0.05) is 31.7 Å². The lowest BCUT2D eigenvalue weighted by Gasteiger charge is -2.40. The number of nitrogens with zero attached hydrogens (tertiary/aromatic N) is 1. The van der Waals surface area contributed by atoms with Gasteiger partial charge in [0.2, 0.25) is 5.91 Å². The van der Waals surface area contributed by atoms with Crippen molar-refractivity contribution in [2.24, 2.45) is 5.92 Å². The van der Waals surface area contributed by atoms with E-state index in [-0.39, 0.29) is 11.9 Å². The van der Waals surface area contributed by atoms with Gasteiger partial charge >= 0.3 is 0 Å². The molecule has 1 heterocycles. The zero-order valence-corrected chi connectivity index (χ0v) is 12.5. The van der Waals surface area contributed by atoms with Gasteiger partial charge in [-0.3, -0.25) is 9.69 Å². The SMILES string of the molecule is CC(C)CCNC(=O)C(C)N1CC(C)NCC1C. The summed E-state index contributed by atoms with van der Waals surface area (Å²) < 4.78 is 0. The molecule has 0 aromatic rings. The Labute approximate surface area is 111 Å². The number of hydrogen-bond donors (Lipinski definition) is 2. The second-order valence-corrected chi connectivity index (χ2v) is 6.00. The minimum atomic E-state index is -0.0308. The van der Waals surface area contributed by atoms with Gasteiger partial charge in [0.15, 0.2) is 0 Å². The fraction of sp³-hybridized carbons (Fsp3) is 0.929. The van der Waals surface area contributed by atoms with Crippen LogP contribution in [0.25, 0.3) is 0 Å². The number of carbonyl (C=O) groups is 1. The summed E-state index contributed by atoms with van der Waals surface area (Å²) in [6, 6.07) is 0.857. The molecule has 0 saturated carbocycles. The zero-order chi connectivity index (χ0) is 13.7. The topological polar surface area (TPSA) is 44.4 Å². The Morgan fingerprint density at radius 1 is 1.39 bits per heavy atom. The van der Waals surface area contributed by atoms with Crippen LogP contribution < -0.4 is 10.6 Å². The quantitative estimate of drug-likeness (QED) is 0.776. The fourth-order valence-electron chi connectivity index (χ4n) is 2.37. The number of piperazine rings is 1. The lowest BCUT2D eigenvalue weighted by atomic mass is 10.1. The molecule has 4 nitrogen and oxygen atoms in total. The fourth-order valence-corrected chi connectivity index (χ4v) is 2.37. The molecule has 106 valence electrons. The summed E-state index contributed by atoms with van der Waals surface area (Å²) in [7, 11) is 0. The van der Waals surface area contributed by atoms with E-state index in [0.717, 1.165) is 26.1 Å². The molecule has 1 rings (SSSR count). The van der Waals surface area contributed by atoms with E-state index in [1.807, 2.05) is 6.92 Å². The van der Waals surface area contributed by atoms with Crippen LogP contribution in [0, 0.1) is 5.92 Å². The second kappa shape index (κ2) is 7.10. The maximum Gasteiger partial charge on any atom is 0.237 e. The van der Waals surface area contributed by atoms with Gasteiger partial charge in [-0.15, -0.1) is 0 Å². The smallest absolute Gasteiger partial charge is 0.237 e. The van der Waals surface area contributed by atoms with E-state index < -0.39 is 0 Å². The first-order chi connectivity index (χ1) is 8.41. The molecular formula is C14H29N3O. The van der Waals surface area contributed by atoms with E-state index in [4.69, 9.17) is 0 Å². The average Bonchev–Trinajstić information content (AvgIpc) is 2.30. The molecule has 1 aliphatic heterocycles. The molecule has 0 radical (unpaired) electrons. The number of rotatable bonds is 5. The Morgan fingerprint density at radius 2 is 2.06 bits per heavy atom. The minimum absolute atomic E-state index is 0.0308. The number of amides is 1. The third-order valence-electron chi connectivity index (χ3n) is 3.71. The van der Waals surface area contributed by atoms with Gasteiger partial charge in [-0.25, -0.2) is 0 Å². The number of carbonyl (C=O) groups excluding carboxylic acids is 1. The van der Waals surface area contributed by atoms with E-state index in [0.29, 0.717) is 18.0 Å². The van der Waals surface area contributed by atoms with Crippen molar-refractivity contribution in [3.8, 4) is 0 Å². The Morgan fingerprint density at radius 3 is 2.67 bits per heavy atom. The highest BCUT2D eigenvalue weighted by atomic mass is 16.2. The van der Waals surface area contributed by atoms with Gasteiger partial charge < -0.3 is 10.6 Å². The molecule has 0 aromatic heterocycles. The first-order valence-corrected chi connectivity index (χ1v) is 7.18. The summed E-state index contributed by atoms with van der Waals surface area (Å²) in [6.45, 7) is 13.4. The van der Waals surface area contributed by atoms with Crippen LogP contribution >= 0.6 is 0 Å². The average molecular weight is 255 g/mol. The van der Waals surface area contributed by atoms with Crippen molar-refractivity contribution in [1.82, 2.24) is 15.5 Å². The largest absolute Gasteiger partial charge is 0.355 e.